The quantitative estimate of drug-likeness (QED) is 0.541. The van der Waals surface area contributed by atoms with E-state index in [2.05, 4.69) is 20.4 Å². The van der Waals surface area contributed by atoms with E-state index in [1.54, 1.807) is 0 Å². The second-order valence-electron chi connectivity index (χ2n) is 7.47. The van der Waals surface area contributed by atoms with Gasteiger partial charge in [-0.05, 0) is 47.2 Å². The fraction of sp³-hybridized carbons (Fsp3) is 0.160. The second-order valence-corrected chi connectivity index (χ2v) is 7.47. The standard InChI is InChI=1S/C25H22N4O2/c30-25(21-6-5-18-3-1-2-4-20(18)17-21)26-22-9-7-19(8-10-22)23-11-12-24(28-27-23)29-13-15-31-16-14-29/h1-12,17H,13-16H2,(H,26,30). The maximum absolute atomic E-state index is 12.7. The van der Waals surface area contributed by atoms with Gasteiger partial charge in [-0.15, -0.1) is 10.2 Å². The van der Waals surface area contributed by atoms with Crippen molar-refractivity contribution in [2.75, 3.05) is 36.5 Å². The highest BCUT2D eigenvalue weighted by Gasteiger charge is 2.13. The van der Waals surface area contributed by atoms with E-state index < -0.39 is 0 Å². The number of hydrogen-bond acceptors (Lipinski definition) is 5. The molecule has 3 aromatic carbocycles. The Morgan fingerprint density at radius 3 is 2.35 bits per heavy atom. The van der Waals surface area contributed by atoms with E-state index in [0.29, 0.717) is 5.56 Å². The Morgan fingerprint density at radius 2 is 1.61 bits per heavy atom. The van der Waals surface area contributed by atoms with E-state index in [1.165, 1.54) is 0 Å². The van der Waals surface area contributed by atoms with Crippen LogP contribution in [0.2, 0.25) is 0 Å². The van der Waals surface area contributed by atoms with Crippen LogP contribution in [0.5, 0.6) is 0 Å². The lowest BCUT2D eigenvalue weighted by Crippen LogP contribution is -2.36. The molecule has 154 valence electrons. The molecule has 1 aromatic heterocycles. The van der Waals surface area contributed by atoms with Gasteiger partial charge in [0.25, 0.3) is 5.91 Å². The van der Waals surface area contributed by atoms with Gasteiger partial charge in [-0.3, -0.25) is 4.79 Å². The first kappa shape index (κ1) is 19.2. The van der Waals surface area contributed by atoms with Crippen molar-refractivity contribution in [3.8, 4) is 11.3 Å². The van der Waals surface area contributed by atoms with Gasteiger partial charge >= 0.3 is 0 Å². The molecule has 1 aliphatic heterocycles. The van der Waals surface area contributed by atoms with Gasteiger partial charge in [0.15, 0.2) is 5.82 Å². The van der Waals surface area contributed by atoms with Crippen molar-refractivity contribution in [3.63, 3.8) is 0 Å². The molecule has 4 aromatic rings. The van der Waals surface area contributed by atoms with Crippen LogP contribution >= 0.6 is 0 Å². The Kier molecular flexibility index (Phi) is 5.29. The van der Waals surface area contributed by atoms with Crippen molar-refractivity contribution < 1.29 is 9.53 Å². The maximum atomic E-state index is 12.7. The summed E-state index contributed by atoms with van der Waals surface area (Å²) in [5.41, 5.74) is 3.11. The minimum Gasteiger partial charge on any atom is -0.378 e. The van der Waals surface area contributed by atoms with Crippen LogP contribution in [0.25, 0.3) is 22.0 Å². The number of anilines is 2. The van der Waals surface area contributed by atoms with Crippen LogP contribution in [0.4, 0.5) is 11.5 Å². The van der Waals surface area contributed by atoms with Gasteiger partial charge in [-0.25, -0.2) is 0 Å². The van der Waals surface area contributed by atoms with Crippen molar-refractivity contribution in [2.45, 2.75) is 0 Å². The van der Waals surface area contributed by atoms with Gasteiger partial charge in [-0.2, -0.15) is 0 Å². The largest absolute Gasteiger partial charge is 0.378 e. The third-order valence-corrected chi connectivity index (χ3v) is 5.44. The molecule has 2 heterocycles. The zero-order chi connectivity index (χ0) is 21.0. The third-order valence-electron chi connectivity index (χ3n) is 5.44. The van der Waals surface area contributed by atoms with Gasteiger partial charge in [0.1, 0.15) is 0 Å². The summed E-state index contributed by atoms with van der Waals surface area (Å²) >= 11 is 0. The number of nitrogens with one attached hydrogen (secondary N) is 1. The predicted octanol–water partition coefficient (Wildman–Crippen LogP) is 4.39. The Hall–Kier alpha value is -3.77. The number of amides is 1. The van der Waals surface area contributed by atoms with Crippen LogP contribution in [-0.2, 0) is 4.74 Å². The van der Waals surface area contributed by atoms with E-state index >= 15 is 0 Å². The molecule has 1 fully saturated rings. The van der Waals surface area contributed by atoms with Crippen LogP contribution < -0.4 is 10.2 Å². The fourth-order valence-corrected chi connectivity index (χ4v) is 3.70. The Bertz CT molecular complexity index is 1200. The predicted molar refractivity (Wildman–Crippen MR) is 122 cm³/mol. The molecular weight excluding hydrogens is 388 g/mol. The summed E-state index contributed by atoms with van der Waals surface area (Å²) in [6.07, 6.45) is 0. The van der Waals surface area contributed by atoms with Crippen molar-refractivity contribution in [2.24, 2.45) is 0 Å². The highest BCUT2D eigenvalue weighted by atomic mass is 16.5. The summed E-state index contributed by atoms with van der Waals surface area (Å²) in [6, 6.07) is 25.3. The van der Waals surface area contributed by atoms with Gasteiger partial charge < -0.3 is 15.0 Å². The number of rotatable bonds is 4. The molecule has 0 bridgehead atoms. The van der Waals surface area contributed by atoms with Crippen molar-refractivity contribution in [1.82, 2.24) is 10.2 Å². The molecule has 31 heavy (non-hydrogen) atoms. The lowest BCUT2D eigenvalue weighted by Gasteiger charge is -2.27. The molecule has 1 amide bonds. The minimum absolute atomic E-state index is 0.131. The number of hydrogen-bond donors (Lipinski definition) is 1. The van der Waals surface area contributed by atoms with E-state index in [-0.39, 0.29) is 5.91 Å². The number of aromatic nitrogens is 2. The molecule has 1 aliphatic rings. The summed E-state index contributed by atoms with van der Waals surface area (Å²) in [7, 11) is 0. The third kappa shape index (κ3) is 4.25. The van der Waals surface area contributed by atoms with Gasteiger partial charge in [-0.1, -0.05) is 42.5 Å². The highest BCUT2D eigenvalue weighted by Crippen LogP contribution is 2.22. The first-order chi connectivity index (χ1) is 15.3. The summed E-state index contributed by atoms with van der Waals surface area (Å²) in [4.78, 5) is 14.8. The molecule has 1 saturated heterocycles. The summed E-state index contributed by atoms with van der Waals surface area (Å²) < 4.78 is 5.38. The molecule has 0 unspecified atom stereocenters. The van der Waals surface area contributed by atoms with E-state index in [0.717, 1.165) is 59.8 Å². The molecule has 1 N–H and O–H groups in total. The Morgan fingerprint density at radius 1 is 0.839 bits per heavy atom. The number of ether oxygens (including phenoxy) is 1. The number of morpholine rings is 1. The van der Waals surface area contributed by atoms with E-state index in [9.17, 15) is 4.79 Å². The van der Waals surface area contributed by atoms with Crippen LogP contribution in [0.1, 0.15) is 10.4 Å². The van der Waals surface area contributed by atoms with Crippen LogP contribution in [0, 0.1) is 0 Å². The van der Waals surface area contributed by atoms with Crippen molar-refractivity contribution in [3.05, 3.63) is 84.4 Å². The normalized spacial score (nSPS) is 13.9. The summed E-state index contributed by atoms with van der Waals surface area (Å²) in [5.74, 6) is 0.736. The molecule has 0 radical (unpaired) electrons. The number of carbonyl (C=O) groups is 1. The number of carbonyl (C=O) groups excluding carboxylic acids is 1. The van der Waals surface area contributed by atoms with Crippen LogP contribution in [0.3, 0.4) is 0 Å². The van der Waals surface area contributed by atoms with E-state index in [4.69, 9.17) is 4.74 Å². The maximum Gasteiger partial charge on any atom is 0.255 e. The number of fused-ring (bicyclic) bond motifs is 1. The molecule has 5 rings (SSSR count). The fourth-order valence-electron chi connectivity index (χ4n) is 3.70. The zero-order valence-corrected chi connectivity index (χ0v) is 17.0. The first-order valence-electron chi connectivity index (χ1n) is 10.3. The monoisotopic (exact) mass is 410 g/mol. The molecule has 6 heteroatoms. The molecule has 6 nitrogen and oxygen atoms in total. The average molecular weight is 410 g/mol. The molecule has 0 atom stereocenters. The van der Waals surface area contributed by atoms with Crippen LogP contribution in [0.15, 0.2) is 78.9 Å². The molecule has 0 saturated carbocycles. The minimum atomic E-state index is -0.131. The van der Waals surface area contributed by atoms with Crippen LogP contribution in [-0.4, -0.2) is 42.4 Å². The average Bonchev–Trinajstić information content (AvgIpc) is 2.85. The molecule has 0 spiro atoms. The second kappa shape index (κ2) is 8.53. The van der Waals surface area contributed by atoms with Crippen molar-refractivity contribution >= 4 is 28.2 Å². The van der Waals surface area contributed by atoms with Crippen molar-refractivity contribution in [1.29, 1.82) is 0 Å². The van der Waals surface area contributed by atoms with E-state index in [1.807, 2.05) is 78.9 Å². The summed E-state index contributed by atoms with van der Waals surface area (Å²) in [6.45, 7) is 3.10. The smallest absolute Gasteiger partial charge is 0.255 e. The number of benzene rings is 3. The molecular formula is C25H22N4O2. The van der Waals surface area contributed by atoms with Gasteiger partial charge in [0, 0.05) is 29.9 Å². The lowest BCUT2D eigenvalue weighted by atomic mass is 10.1. The SMILES string of the molecule is O=C(Nc1ccc(-c2ccc(N3CCOCC3)nn2)cc1)c1ccc2ccccc2c1. The number of nitrogens with zero attached hydrogens (tertiary/aromatic N) is 3. The highest BCUT2D eigenvalue weighted by molar-refractivity contribution is 6.06. The van der Waals surface area contributed by atoms with Gasteiger partial charge in [0.05, 0.1) is 18.9 Å². The lowest BCUT2D eigenvalue weighted by molar-refractivity contribution is 0.102. The van der Waals surface area contributed by atoms with Gasteiger partial charge in [0.2, 0.25) is 0 Å². The first-order valence-corrected chi connectivity index (χ1v) is 10.3. The molecule has 0 aliphatic carbocycles. The Balaban J connectivity index is 1.27. The Labute approximate surface area is 180 Å². The topological polar surface area (TPSA) is 67.4 Å². The summed E-state index contributed by atoms with van der Waals surface area (Å²) in [5, 5.41) is 13.9. The zero-order valence-electron chi connectivity index (χ0n) is 17.0.